The molecule has 0 saturated carbocycles. The average Bonchev–Trinajstić information content (AvgIpc) is 2.51. The molecule has 0 spiro atoms. The molecular weight excluding hydrogens is 272 g/mol. The molecule has 0 saturated heterocycles. The van der Waals surface area contributed by atoms with Crippen molar-refractivity contribution in [3.8, 4) is 0 Å². The Hall–Kier alpha value is -1.47. The topological polar surface area (TPSA) is 80.5 Å². The van der Waals surface area contributed by atoms with Gasteiger partial charge in [-0.3, -0.25) is 4.79 Å². The highest BCUT2D eigenvalue weighted by Crippen LogP contribution is 2.30. The molecular formula is C11H12N2O3S2. The van der Waals surface area contributed by atoms with E-state index in [9.17, 15) is 13.2 Å². The number of fused-ring (bicyclic) bond motifs is 1. The van der Waals surface area contributed by atoms with Crippen LogP contribution in [0.2, 0.25) is 0 Å². The lowest BCUT2D eigenvalue weighted by molar-refractivity contribution is 0.0866. The molecule has 0 fully saturated rings. The Morgan fingerprint density at radius 3 is 2.61 bits per heavy atom. The molecule has 2 N–H and O–H groups in total. The van der Waals surface area contributed by atoms with Gasteiger partial charge in [0.1, 0.15) is 4.90 Å². The Labute approximate surface area is 111 Å². The molecule has 18 heavy (non-hydrogen) atoms. The minimum absolute atomic E-state index is 0.0226. The lowest BCUT2D eigenvalue weighted by Gasteiger charge is -2.18. The van der Waals surface area contributed by atoms with E-state index in [1.807, 2.05) is 0 Å². The molecule has 1 aromatic carbocycles. The number of carbonyl (C=O) groups is 1. The summed E-state index contributed by atoms with van der Waals surface area (Å²) in [6.07, 6.45) is 0. The third-order valence-electron chi connectivity index (χ3n) is 2.84. The average molecular weight is 284 g/mol. The highest BCUT2D eigenvalue weighted by Gasteiger charge is 2.41. The van der Waals surface area contributed by atoms with E-state index in [1.54, 1.807) is 19.1 Å². The van der Waals surface area contributed by atoms with Crippen molar-refractivity contribution >= 4 is 33.1 Å². The van der Waals surface area contributed by atoms with Gasteiger partial charge in [0, 0.05) is 12.5 Å². The number of nitrogens with two attached hydrogens (primary N) is 1. The first-order valence-corrected chi connectivity index (χ1v) is 7.16. The number of nitrogens with zero attached hydrogens (tertiary/aromatic N) is 1. The second-order valence-corrected chi connectivity index (χ2v) is 6.44. The molecule has 0 bridgehead atoms. The lowest BCUT2D eigenvalue weighted by Crippen LogP contribution is -2.37. The number of amides is 1. The fourth-order valence-electron chi connectivity index (χ4n) is 1.75. The molecule has 0 aromatic heterocycles. The molecule has 1 heterocycles. The number of carbonyl (C=O) groups excluding carboxylic acids is 1. The van der Waals surface area contributed by atoms with Crippen molar-refractivity contribution in [1.29, 1.82) is 0 Å². The van der Waals surface area contributed by atoms with E-state index in [1.165, 1.54) is 12.1 Å². The minimum atomic E-state index is -3.76. The van der Waals surface area contributed by atoms with Crippen LogP contribution in [0.25, 0.3) is 0 Å². The maximum Gasteiger partial charge on any atom is 0.269 e. The van der Waals surface area contributed by atoms with Gasteiger partial charge in [-0.1, -0.05) is 31.3 Å². The smallest absolute Gasteiger partial charge is 0.269 e. The van der Waals surface area contributed by atoms with Crippen molar-refractivity contribution in [2.45, 2.75) is 11.8 Å². The van der Waals surface area contributed by atoms with E-state index < -0.39 is 15.9 Å². The Morgan fingerprint density at radius 1 is 1.44 bits per heavy atom. The van der Waals surface area contributed by atoms with Crippen LogP contribution >= 0.6 is 12.2 Å². The van der Waals surface area contributed by atoms with Gasteiger partial charge < -0.3 is 5.73 Å². The molecule has 7 heteroatoms. The molecule has 1 atom stereocenters. The molecule has 5 nitrogen and oxygen atoms in total. The predicted molar refractivity (Wildman–Crippen MR) is 70.6 cm³/mol. The Kier molecular flexibility index (Phi) is 3.12. The van der Waals surface area contributed by atoms with Crippen molar-refractivity contribution < 1.29 is 13.2 Å². The van der Waals surface area contributed by atoms with Crippen LogP contribution in [-0.4, -0.2) is 30.2 Å². The minimum Gasteiger partial charge on any atom is -0.393 e. The van der Waals surface area contributed by atoms with E-state index in [-0.39, 0.29) is 27.9 Å². The van der Waals surface area contributed by atoms with Gasteiger partial charge in [-0.15, -0.1) is 0 Å². The maximum atomic E-state index is 12.2. The zero-order valence-electron chi connectivity index (χ0n) is 9.66. The Bertz CT molecular complexity index is 625. The zero-order chi connectivity index (χ0) is 13.5. The van der Waals surface area contributed by atoms with Crippen LogP contribution in [0.1, 0.15) is 17.3 Å². The predicted octanol–water partition coefficient (Wildman–Crippen LogP) is 0.753. The maximum absolute atomic E-state index is 12.2. The first-order valence-electron chi connectivity index (χ1n) is 5.31. The molecule has 1 aromatic rings. The van der Waals surface area contributed by atoms with Crippen molar-refractivity contribution in [2.24, 2.45) is 11.7 Å². The van der Waals surface area contributed by atoms with Crippen LogP contribution in [0.4, 0.5) is 0 Å². The molecule has 1 aliphatic rings. The van der Waals surface area contributed by atoms with Crippen LogP contribution in [0.5, 0.6) is 0 Å². The van der Waals surface area contributed by atoms with Gasteiger partial charge in [-0.2, -0.15) is 0 Å². The van der Waals surface area contributed by atoms with Crippen molar-refractivity contribution in [3.05, 3.63) is 29.8 Å². The molecule has 1 amide bonds. The van der Waals surface area contributed by atoms with Gasteiger partial charge in [-0.25, -0.2) is 12.7 Å². The number of benzene rings is 1. The summed E-state index contributed by atoms with van der Waals surface area (Å²) in [4.78, 5) is 12.3. The van der Waals surface area contributed by atoms with Crippen molar-refractivity contribution in [2.75, 3.05) is 6.54 Å². The van der Waals surface area contributed by atoms with Gasteiger partial charge in [0.15, 0.2) is 0 Å². The van der Waals surface area contributed by atoms with Crippen molar-refractivity contribution in [1.82, 2.24) is 4.31 Å². The summed E-state index contributed by atoms with van der Waals surface area (Å²) in [5, 5.41) is 0. The number of thiocarbonyl (C=S) groups is 1. The Morgan fingerprint density at radius 2 is 2.06 bits per heavy atom. The van der Waals surface area contributed by atoms with E-state index in [0.29, 0.717) is 0 Å². The van der Waals surface area contributed by atoms with E-state index >= 15 is 0 Å². The van der Waals surface area contributed by atoms with Crippen LogP contribution < -0.4 is 5.73 Å². The number of rotatable bonds is 3. The van der Waals surface area contributed by atoms with Gasteiger partial charge in [0.25, 0.3) is 15.9 Å². The first kappa shape index (κ1) is 13.0. The summed E-state index contributed by atoms with van der Waals surface area (Å²) in [5.74, 6) is -0.873. The van der Waals surface area contributed by atoms with Gasteiger partial charge in [-0.05, 0) is 12.1 Å². The Balaban J connectivity index is 2.43. The summed E-state index contributed by atoms with van der Waals surface area (Å²) < 4.78 is 25.2. The van der Waals surface area contributed by atoms with E-state index in [0.717, 1.165) is 4.31 Å². The standard InChI is InChI=1S/C11H12N2O3S2/c1-7(10(12)17)6-13-11(14)8-4-2-3-5-9(8)18(13,15)16/h2-5,7H,6H2,1H3,(H2,12,17). The number of hydrogen-bond acceptors (Lipinski definition) is 4. The van der Waals surface area contributed by atoms with Gasteiger partial charge >= 0.3 is 0 Å². The molecule has 1 aliphatic heterocycles. The SMILES string of the molecule is CC(CN1C(=O)c2ccccc2S1(=O)=O)C(N)=S. The highest BCUT2D eigenvalue weighted by atomic mass is 32.2. The summed E-state index contributed by atoms with van der Waals surface area (Å²) in [5.41, 5.74) is 5.65. The fourth-order valence-corrected chi connectivity index (χ4v) is 3.48. The second-order valence-electron chi connectivity index (χ2n) is 4.14. The summed E-state index contributed by atoms with van der Waals surface area (Å²) in [6, 6.07) is 6.14. The van der Waals surface area contributed by atoms with Crippen molar-refractivity contribution in [3.63, 3.8) is 0 Å². The van der Waals surface area contributed by atoms with Crippen LogP contribution in [0.15, 0.2) is 29.2 Å². The molecule has 0 radical (unpaired) electrons. The van der Waals surface area contributed by atoms with Gasteiger partial charge in [0.05, 0.1) is 10.6 Å². The molecule has 0 aliphatic carbocycles. The van der Waals surface area contributed by atoms with Crippen LogP contribution in [-0.2, 0) is 10.0 Å². The first-order chi connectivity index (χ1) is 8.35. The largest absolute Gasteiger partial charge is 0.393 e. The fraction of sp³-hybridized carbons (Fsp3) is 0.273. The zero-order valence-corrected chi connectivity index (χ0v) is 11.3. The van der Waals surface area contributed by atoms with Gasteiger partial charge in [0.2, 0.25) is 0 Å². The summed E-state index contributed by atoms with van der Waals surface area (Å²) >= 11 is 4.80. The van der Waals surface area contributed by atoms with Crippen LogP contribution in [0, 0.1) is 5.92 Å². The number of hydrogen-bond donors (Lipinski definition) is 1. The molecule has 1 unspecified atom stereocenters. The lowest BCUT2D eigenvalue weighted by atomic mass is 10.1. The van der Waals surface area contributed by atoms with Crippen LogP contribution in [0.3, 0.4) is 0 Å². The highest BCUT2D eigenvalue weighted by molar-refractivity contribution is 7.90. The number of sulfonamides is 1. The third kappa shape index (κ3) is 1.89. The quantitative estimate of drug-likeness (QED) is 0.829. The second kappa shape index (κ2) is 4.33. The third-order valence-corrected chi connectivity index (χ3v) is 5.05. The monoisotopic (exact) mass is 284 g/mol. The summed E-state index contributed by atoms with van der Waals surface area (Å²) in [7, 11) is -3.76. The normalized spacial score (nSPS) is 18.5. The molecule has 2 rings (SSSR count). The van der Waals surface area contributed by atoms with E-state index in [2.05, 4.69) is 0 Å². The molecule has 96 valence electrons. The summed E-state index contributed by atoms with van der Waals surface area (Å²) in [6.45, 7) is 1.67. The van der Waals surface area contributed by atoms with E-state index in [4.69, 9.17) is 18.0 Å².